The summed E-state index contributed by atoms with van der Waals surface area (Å²) in [6.07, 6.45) is 5.52. The minimum atomic E-state index is -0.705. The zero-order valence-electron chi connectivity index (χ0n) is 18.1. The summed E-state index contributed by atoms with van der Waals surface area (Å²) in [6, 6.07) is 8.05. The molecule has 1 aliphatic rings. The molecule has 0 aliphatic carbocycles. The lowest BCUT2D eigenvalue weighted by molar-refractivity contribution is -0.403. The second-order valence-electron chi connectivity index (χ2n) is 7.95. The van der Waals surface area contributed by atoms with Gasteiger partial charge in [-0.05, 0) is 56.5 Å². The Labute approximate surface area is 189 Å². The van der Waals surface area contributed by atoms with E-state index in [2.05, 4.69) is 10.6 Å². The second kappa shape index (κ2) is 9.60. The number of Topliss-reactive ketones (excluding diaryl/α,β-unsaturated/α-hetero) is 1. The van der Waals surface area contributed by atoms with Crippen LogP contribution in [0.3, 0.4) is 0 Å². The molecule has 4 rings (SSSR count). The molecule has 172 valence electrons. The van der Waals surface area contributed by atoms with E-state index in [0.29, 0.717) is 29.8 Å². The van der Waals surface area contributed by atoms with Gasteiger partial charge >= 0.3 is 0 Å². The number of hydrogen-bond acceptors (Lipinski definition) is 8. The first-order valence-corrected chi connectivity index (χ1v) is 10.6. The van der Waals surface area contributed by atoms with Crippen LogP contribution in [-0.4, -0.2) is 40.6 Å². The molecular formula is C23H24N4O6. The summed E-state index contributed by atoms with van der Waals surface area (Å²) >= 11 is 0. The summed E-state index contributed by atoms with van der Waals surface area (Å²) in [5.41, 5.74) is 1.72. The van der Waals surface area contributed by atoms with Gasteiger partial charge < -0.3 is 24.4 Å². The molecule has 10 heteroatoms. The van der Waals surface area contributed by atoms with Crippen molar-refractivity contribution in [3.05, 3.63) is 76.3 Å². The molecule has 1 saturated heterocycles. The summed E-state index contributed by atoms with van der Waals surface area (Å²) in [6.45, 7) is 2.21. The summed E-state index contributed by atoms with van der Waals surface area (Å²) < 4.78 is 10.5. The molecule has 1 fully saturated rings. The van der Waals surface area contributed by atoms with Crippen molar-refractivity contribution in [3.8, 4) is 0 Å². The summed E-state index contributed by atoms with van der Waals surface area (Å²) in [7, 11) is 0. The Hall–Kier alpha value is -4.08. The van der Waals surface area contributed by atoms with Crippen molar-refractivity contribution < 1.29 is 23.3 Å². The lowest BCUT2D eigenvalue weighted by atomic mass is 10.1. The highest BCUT2D eigenvalue weighted by Gasteiger charge is 2.29. The number of benzene rings is 1. The molecular weight excluding hydrogens is 428 g/mol. The Morgan fingerprint density at radius 3 is 2.91 bits per heavy atom. The highest BCUT2D eigenvalue weighted by molar-refractivity contribution is 5.99. The van der Waals surface area contributed by atoms with Crippen LogP contribution in [0.2, 0.25) is 0 Å². The number of carbonyl (C=O) groups is 2. The Balaban J connectivity index is 1.49. The van der Waals surface area contributed by atoms with Crippen LogP contribution in [0, 0.1) is 17.0 Å². The van der Waals surface area contributed by atoms with Crippen molar-refractivity contribution in [2.45, 2.75) is 32.2 Å². The average Bonchev–Trinajstić information content (AvgIpc) is 3.39. The van der Waals surface area contributed by atoms with Gasteiger partial charge in [-0.2, -0.15) is 0 Å². The fourth-order valence-electron chi connectivity index (χ4n) is 3.89. The van der Waals surface area contributed by atoms with Gasteiger partial charge in [0.15, 0.2) is 11.6 Å². The molecule has 2 N–H and O–H groups in total. The molecule has 3 aromatic rings. The first-order chi connectivity index (χ1) is 15.9. The number of fused-ring (bicyclic) bond motifs is 1. The van der Waals surface area contributed by atoms with Gasteiger partial charge in [0, 0.05) is 17.6 Å². The van der Waals surface area contributed by atoms with Gasteiger partial charge in [-0.25, -0.2) is 0 Å². The van der Waals surface area contributed by atoms with Gasteiger partial charge in [-0.15, -0.1) is 0 Å². The third-order valence-corrected chi connectivity index (χ3v) is 5.44. The lowest BCUT2D eigenvalue weighted by Crippen LogP contribution is -2.47. The number of ketones is 1. The molecule has 0 bridgehead atoms. The second-order valence-corrected chi connectivity index (χ2v) is 7.95. The molecule has 0 saturated carbocycles. The van der Waals surface area contributed by atoms with Crippen LogP contribution in [0.1, 0.15) is 35.4 Å². The fraction of sp³-hybridized carbons (Fsp3) is 0.304. The average molecular weight is 452 g/mol. The normalized spacial score (nSPS) is 17.1. The number of furan rings is 2. The summed E-state index contributed by atoms with van der Waals surface area (Å²) in [5, 5.41) is 18.1. The largest absolute Gasteiger partial charge is 0.472 e. The van der Waals surface area contributed by atoms with Gasteiger partial charge in [0.2, 0.25) is 5.91 Å². The van der Waals surface area contributed by atoms with Crippen LogP contribution in [0.25, 0.3) is 11.0 Å². The maximum atomic E-state index is 13.2. The highest BCUT2D eigenvalue weighted by atomic mass is 16.6. The van der Waals surface area contributed by atoms with Crippen molar-refractivity contribution >= 4 is 28.3 Å². The minimum absolute atomic E-state index is 0.0746. The number of nitrogens with zero attached hydrogens (tertiary/aromatic N) is 2. The Morgan fingerprint density at radius 1 is 1.30 bits per heavy atom. The van der Waals surface area contributed by atoms with E-state index < -0.39 is 11.0 Å². The number of likely N-dealkylation sites (tertiary alicyclic amines) is 1. The maximum absolute atomic E-state index is 13.2. The number of nitro groups is 1. The highest BCUT2D eigenvalue weighted by Crippen LogP contribution is 2.23. The van der Waals surface area contributed by atoms with E-state index in [0.717, 1.165) is 30.2 Å². The number of carbonyl (C=O) groups excluding carboxylic acids is 2. The third kappa shape index (κ3) is 5.40. The number of hydrogen-bond donors (Lipinski definition) is 2. The molecule has 1 aliphatic heterocycles. The summed E-state index contributed by atoms with van der Waals surface area (Å²) in [5.74, 6) is 0.346. The third-order valence-electron chi connectivity index (χ3n) is 5.44. The van der Waals surface area contributed by atoms with E-state index >= 15 is 0 Å². The van der Waals surface area contributed by atoms with Crippen molar-refractivity contribution in [1.82, 2.24) is 10.2 Å². The quantitative estimate of drug-likeness (QED) is 0.301. The van der Waals surface area contributed by atoms with Gasteiger partial charge in [0.05, 0.1) is 23.3 Å². The molecule has 0 radical (unpaired) electrons. The number of nitrogens with one attached hydrogen (secondary N) is 2. The number of anilines is 1. The zero-order valence-corrected chi connectivity index (χ0v) is 18.1. The van der Waals surface area contributed by atoms with Crippen LogP contribution < -0.4 is 10.6 Å². The molecule has 0 spiro atoms. The van der Waals surface area contributed by atoms with Gasteiger partial charge in [-0.1, -0.05) is 0 Å². The Morgan fingerprint density at radius 2 is 2.15 bits per heavy atom. The van der Waals surface area contributed by atoms with Gasteiger partial charge in [0.25, 0.3) is 6.20 Å². The van der Waals surface area contributed by atoms with Crippen molar-refractivity contribution in [1.29, 1.82) is 0 Å². The Bertz CT molecular complexity index is 1200. The van der Waals surface area contributed by atoms with E-state index in [4.69, 9.17) is 8.83 Å². The lowest BCUT2D eigenvalue weighted by Gasteiger charge is -2.25. The van der Waals surface area contributed by atoms with E-state index in [1.54, 1.807) is 18.2 Å². The molecule has 1 amide bonds. The van der Waals surface area contributed by atoms with E-state index in [1.807, 2.05) is 19.1 Å². The van der Waals surface area contributed by atoms with Crippen molar-refractivity contribution in [2.24, 2.45) is 0 Å². The number of rotatable bonds is 8. The van der Waals surface area contributed by atoms with E-state index in [1.165, 1.54) is 17.4 Å². The SMILES string of the molecule is Cc1cc2cc(N/C(=C/[N+](=O)[O-])N[C@H]3CCCCN(CC(=O)c4ccoc4)C3=O)ccc2o1. The maximum Gasteiger partial charge on any atom is 0.274 e. The molecule has 0 unspecified atom stereocenters. The van der Waals surface area contributed by atoms with Crippen LogP contribution >= 0.6 is 0 Å². The van der Waals surface area contributed by atoms with Crippen LogP contribution in [0.15, 0.2) is 63.7 Å². The van der Waals surface area contributed by atoms with Crippen LogP contribution in [-0.2, 0) is 4.79 Å². The van der Waals surface area contributed by atoms with Crippen molar-refractivity contribution in [2.75, 3.05) is 18.4 Å². The summed E-state index contributed by atoms with van der Waals surface area (Å²) in [4.78, 5) is 37.8. The molecule has 10 nitrogen and oxygen atoms in total. The molecule has 33 heavy (non-hydrogen) atoms. The smallest absolute Gasteiger partial charge is 0.274 e. The number of aryl methyl sites for hydroxylation is 1. The topological polar surface area (TPSA) is 131 Å². The van der Waals surface area contributed by atoms with E-state index in [-0.39, 0.29) is 24.1 Å². The number of amides is 1. The molecule has 2 aromatic heterocycles. The predicted molar refractivity (Wildman–Crippen MR) is 120 cm³/mol. The van der Waals surface area contributed by atoms with Crippen molar-refractivity contribution in [3.63, 3.8) is 0 Å². The Kier molecular flexibility index (Phi) is 6.43. The zero-order chi connectivity index (χ0) is 23.4. The fourth-order valence-corrected chi connectivity index (χ4v) is 3.89. The van der Waals surface area contributed by atoms with Crippen LogP contribution in [0.4, 0.5) is 5.69 Å². The first-order valence-electron chi connectivity index (χ1n) is 10.6. The molecule has 3 heterocycles. The molecule has 1 atom stereocenters. The van der Waals surface area contributed by atoms with Gasteiger partial charge in [0.1, 0.15) is 23.6 Å². The minimum Gasteiger partial charge on any atom is -0.472 e. The predicted octanol–water partition coefficient (Wildman–Crippen LogP) is 3.68. The van der Waals surface area contributed by atoms with Crippen LogP contribution in [0.5, 0.6) is 0 Å². The van der Waals surface area contributed by atoms with Gasteiger partial charge in [-0.3, -0.25) is 19.7 Å². The van der Waals surface area contributed by atoms with E-state index in [9.17, 15) is 19.7 Å². The molecule has 1 aromatic carbocycles. The first kappa shape index (κ1) is 22.1. The monoisotopic (exact) mass is 452 g/mol. The standard InChI is InChI=1S/C23H24N4O6/c1-15-10-17-11-18(5-6-21(17)33-15)24-22(13-27(30)31)25-19-4-2-3-8-26(23(19)29)12-20(28)16-7-9-32-14-16/h5-7,9-11,13-14,19,24-25H,2-4,8,12H2,1H3/b22-13-/t19-/m0/s1.